The average Bonchev–Trinajstić information content (AvgIpc) is 3.04. The molecule has 0 aromatic rings. The molecule has 1 aliphatic heterocycles. The Morgan fingerprint density at radius 3 is 2.53 bits per heavy atom. The van der Waals surface area contributed by atoms with Gasteiger partial charge in [0.1, 0.15) is 0 Å². The molecule has 2 fully saturated rings. The predicted octanol–water partition coefficient (Wildman–Crippen LogP) is 1.25. The number of hydrogen-bond acceptors (Lipinski definition) is 3. The molecular weight excluding hydrogens is 246 g/mol. The summed E-state index contributed by atoms with van der Waals surface area (Å²) in [5.41, 5.74) is 0. The number of aliphatic hydroxyl groups excluding tert-OH is 1. The van der Waals surface area contributed by atoms with Crippen molar-refractivity contribution in [3.05, 3.63) is 0 Å². The maximum Gasteiger partial charge on any atom is 0.306 e. The highest BCUT2D eigenvalue weighted by Gasteiger charge is 2.38. The number of aliphatic hydroxyl groups is 1. The zero-order valence-corrected chi connectivity index (χ0v) is 11.3. The molecule has 0 radical (unpaired) electrons. The van der Waals surface area contributed by atoms with Gasteiger partial charge in [-0.3, -0.25) is 9.59 Å². The van der Waals surface area contributed by atoms with E-state index in [-0.39, 0.29) is 30.4 Å². The molecule has 5 heteroatoms. The summed E-state index contributed by atoms with van der Waals surface area (Å²) in [6.07, 6.45) is 5.46. The first-order chi connectivity index (χ1) is 9.13. The van der Waals surface area contributed by atoms with E-state index < -0.39 is 5.97 Å². The molecule has 1 heterocycles. The quantitative estimate of drug-likeness (QED) is 0.787. The summed E-state index contributed by atoms with van der Waals surface area (Å²) in [5, 5.41) is 17.9. The van der Waals surface area contributed by atoms with Crippen molar-refractivity contribution in [2.45, 2.75) is 51.0 Å². The van der Waals surface area contributed by atoms with Crippen LogP contribution >= 0.6 is 0 Å². The zero-order valence-electron chi connectivity index (χ0n) is 11.3. The Bertz CT molecular complexity index is 344. The van der Waals surface area contributed by atoms with Crippen molar-refractivity contribution in [1.82, 2.24) is 4.90 Å². The maximum absolute atomic E-state index is 12.5. The number of carbonyl (C=O) groups excluding carboxylic acids is 1. The van der Waals surface area contributed by atoms with Crippen molar-refractivity contribution in [3.8, 4) is 0 Å². The van der Waals surface area contributed by atoms with Crippen molar-refractivity contribution < 1.29 is 19.8 Å². The molecule has 108 valence electrons. The van der Waals surface area contributed by atoms with Gasteiger partial charge in [0.2, 0.25) is 5.91 Å². The summed E-state index contributed by atoms with van der Waals surface area (Å²) < 4.78 is 0. The van der Waals surface area contributed by atoms with E-state index in [0.717, 1.165) is 32.2 Å². The minimum atomic E-state index is -0.770. The van der Waals surface area contributed by atoms with E-state index in [9.17, 15) is 9.59 Å². The van der Waals surface area contributed by atoms with E-state index in [2.05, 4.69) is 0 Å². The summed E-state index contributed by atoms with van der Waals surface area (Å²) in [6, 6.07) is 0.253. The molecule has 3 atom stereocenters. The van der Waals surface area contributed by atoms with Gasteiger partial charge in [-0.25, -0.2) is 0 Å². The first-order valence-corrected chi connectivity index (χ1v) is 7.27. The van der Waals surface area contributed by atoms with Gasteiger partial charge in [-0.1, -0.05) is 0 Å². The second kappa shape index (κ2) is 6.37. The standard InChI is InChI=1S/C14H23NO4/c16-8-2-4-12-3-1-7-15(12)13(17)10-5-6-11(9-10)14(18)19/h10-12,16H,1-9H2,(H,18,19)/t10-,11+,12?/m1/s1. The first-order valence-electron chi connectivity index (χ1n) is 7.27. The van der Waals surface area contributed by atoms with Gasteiger partial charge >= 0.3 is 5.97 Å². The van der Waals surface area contributed by atoms with Crippen LogP contribution in [-0.2, 0) is 9.59 Å². The van der Waals surface area contributed by atoms with Crippen LogP contribution < -0.4 is 0 Å². The van der Waals surface area contributed by atoms with E-state index in [4.69, 9.17) is 10.2 Å². The Labute approximate surface area is 113 Å². The van der Waals surface area contributed by atoms with Gasteiger partial charge < -0.3 is 15.1 Å². The molecule has 1 saturated carbocycles. The highest BCUT2D eigenvalue weighted by atomic mass is 16.4. The highest BCUT2D eigenvalue weighted by molar-refractivity contribution is 5.81. The summed E-state index contributed by atoms with van der Waals surface area (Å²) in [5.74, 6) is -1.07. The fourth-order valence-corrected chi connectivity index (χ4v) is 3.42. The van der Waals surface area contributed by atoms with Crippen molar-refractivity contribution in [3.63, 3.8) is 0 Å². The van der Waals surface area contributed by atoms with Crippen LogP contribution in [0.15, 0.2) is 0 Å². The molecule has 2 aliphatic rings. The Balaban J connectivity index is 1.90. The van der Waals surface area contributed by atoms with E-state index in [1.165, 1.54) is 0 Å². The van der Waals surface area contributed by atoms with Gasteiger partial charge in [0, 0.05) is 25.1 Å². The Kier molecular flexibility index (Phi) is 4.80. The van der Waals surface area contributed by atoms with Crippen molar-refractivity contribution in [2.24, 2.45) is 11.8 Å². The summed E-state index contributed by atoms with van der Waals surface area (Å²) in [4.78, 5) is 25.3. The third-order valence-electron chi connectivity index (χ3n) is 4.49. The lowest BCUT2D eigenvalue weighted by atomic mass is 10.0. The van der Waals surface area contributed by atoms with Crippen LogP contribution in [0.1, 0.15) is 44.9 Å². The van der Waals surface area contributed by atoms with Gasteiger partial charge in [-0.05, 0) is 44.9 Å². The second-order valence-corrected chi connectivity index (χ2v) is 5.74. The molecule has 0 bridgehead atoms. The largest absolute Gasteiger partial charge is 0.481 e. The van der Waals surface area contributed by atoms with Crippen molar-refractivity contribution in [1.29, 1.82) is 0 Å². The van der Waals surface area contributed by atoms with Gasteiger partial charge in [0.25, 0.3) is 0 Å². The fraction of sp³-hybridized carbons (Fsp3) is 0.857. The van der Waals surface area contributed by atoms with E-state index in [1.54, 1.807) is 0 Å². The summed E-state index contributed by atoms with van der Waals surface area (Å²) in [7, 11) is 0. The lowest BCUT2D eigenvalue weighted by molar-refractivity contribution is -0.141. The molecule has 2 rings (SSSR count). The van der Waals surface area contributed by atoms with E-state index in [1.807, 2.05) is 4.90 Å². The monoisotopic (exact) mass is 269 g/mol. The number of rotatable bonds is 5. The van der Waals surface area contributed by atoms with Gasteiger partial charge in [-0.15, -0.1) is 0 Å². The van der Waals surface area contributed by atoms with Crippen LogP contribution in [0.5, 0.6) is 0 Å². The molecule has 1 unspecified atom stereocenters. The van der Waals surface area contributed by atoms with Gasteiger partial charge in [-0.2, -0.15) is 0 Å². The predicted molar refractivity (Wildman–Crippen MR) is 69.5 cm³/mol. The summed E-state index contributed by atoms with van der Waals surface area (Å²) in [6.45, 7) is 0.964. The maximum atomic E-state index is 12.5. The molecular formula is C14H23NO4. The third-order valence-corrected chi connectivity index (χ3v) is 4.49. The molecule has 0 spiro atoms. The minimum absolute atomic E-state index is 0.101. The van der Waals surface area contributed by atoms with E-state index >= 15 is 0 Å². The third kappa shape index (κ3) is 3.26. The Morgan fingerprint density at radius 1 is 1.16 bits per heavy atom. The van der Waals surface area contributed by atoms with Crippen LogP contribution in [0.2, 0.25) is 0 Å². The fourth-order valence-electron chi connectivity index (χ4n) is 3.42. The van der Waals surface area contributed by atoms with Crippen LogP contribution in [0.4, 0.5) is 0 Å². The molecule has 19 heavy (non-hydrogen) atoms. The number of hydrogen-bond donors (Lipinski definition) is 2. The van der Waals surface area contributed by atoms with Crippen LogP contribution in [0, 0.1) is 11.8 Å². The highest BCUT2D eigenvalue weighted by Crippen LogP contribution is 2.34. The topological polar surface area (TPSA) is 77.8 Å². The zero-order chi connectivity index (χ0) is 13.8. The smallest absolute Gasteiger partial charge is 0.306 e. The lowest BCUT2D eigenvalue weighted by Crippen LogP contribution is -2.39. The molecule has 1 saturated heterocycles. The molecule has 5 nitrogen and oxygen atoms in total. The Morgan fingerprint density at radius 2 is 1.89 bits per heavy atom. The number of likely N-dealkylation sites (tertiary alicyclic amines) is 1. The van der Waals surface area contributed by atoms with Gasteiger partial charge in [0.15, 0.2) is 0 Å². The second-order valence-electron chi connectivity index (χ2n) is 5.74. The molecule has 2 N–H and O–H groups in total. The number of aliphatic carboxylic acids is 1. The number of carboxylic acid groups (broad SMARTS) is 1. The Hall–Kier alpha value is -1.10. The van der Waals surface area contributed by atoms with Crippen LogP contribution in [0.3, 0.4) is 0 Å². The molecule has 0 aromatic carbocycles. The lowest BCUT2D eigenvalue weighted by Gasteiger charge is -2.27. The number of amides is 1. The van der Waals surface area contributed by atoms with E-state index in [0.29, 0.717) is 19.3 Å². The SMILES string of the molecule is O=C(O)[C@H]1CC[C@@H](C(=O)N2CCCC2CCCO)C1. The van der Waals surface area contributed by atoms with Gasteiger partial charge in [0.05, 0.1) is 5.92 Å². The summed E-state index contributed by atoms with van der Waals surface area (Å²) >= 11 is 0. The first kappa shape index (κ1) is 14.3. The molecule has 1 amide bonds. The molecule has 1 aliphatic carbocycles. The van der Waals surface area contributed by atoms with Crippen LogP contribution in [-0.4, -0.2) is 46.2 Å². The minimum Gasteiger partial charge on any atom is -0.481 e. The van der Waals surface area contributed by atoms with Crippen molar-refractivity contribution >= 4 is 11.9 Å². The molecule has 0 aromatic heterocycles. The number of carboxylic acids is 1. The average molecular weight is 269 g/mol. The number of carbonyl (C=O) groups is 2. The number of nitrogens with zero attached hydrogens (tertiary/aromatic N) is 1. The van der Waals surface area contributed by atoms with Crippen molar-refractivity contribution in [2.75, 3.05) is 13.2 Å². The normalized spacial score (nSPS) is 30.8. The van der Waals surface area contributed by atoms with Crippen LogP contribution in [0.25, 0.3) is 0 Å².